The summed E-state index contributed by atoms with van der Waals surface area (Å²) in [5, 5.41) is 6.93. The van der Waals surface area contributed by atoms with Gasteiger partial charge in [-0.05, 0) is 43.3 Å². The molecule has 0 unspecified atom stereocenters. The van der Waals surface area contributed by atoms with Crippen LogP contribution in [0.1, 0.15) is 21.7 Å². The summed E-state index contributed by atoms with van der Waals surface area (Å²) in [6, 6.07) is 10.4. The van der Waals surface area contributed by atoms with Crippen molar-refractivity contribution < 1.29 is 30.8 Å². The quantitative estimate of drug-likeness (QED) is 0.518. The number of benzene rings is 2. The molecule has 13 heteroatoms. The zero-order chi connectivity index (χ0) is 24.7. The molecule has 0 atom stereocenters. The number of alkyl halides is 3. The van der Waals surface area contributed by atoms with Gasteiger partial charge in [-0.2, -0.15) is 17.5 Å². The topological polar surface area (TPSA) is 88.4 Å². The van der Waals surface area contributed by atoms with Crippen molar-refractivity contribution in [2.75, 3.05) is 26.2 Å². The van der Waals surface area contributed by atoms with Crippen molar-refractivity contribution in [2.45, 2.75) is 18.0 Å². The normalized spacial score (nSPS) is 15.5. The van der Waals surface area contributed by atoms with Crippen molar-refractivity contribution in [3.8, 4) is 5.69 Å². The number of halogens is 4. The van der Waals surface area contributed by atoms with Crippen molar-refractivity contribution in [3.63, 3.8) is 0 Å². The lowest BCUT2D eigenvalue weighted by atomic mass is 10.2. The van der Waals surface area contributed by atoms with Crippen LogP contribution in [-0.2, 0) is 16.2 Å². The third-order valence-electron chi connectivity index (χ3n) is 5.40. The van der Waals surface area contributed by atoms with Crippen molar-refractivity contribution in [2.24, 2.45) is 0 Å². The van der Waals surface area contributed by atoms with Crippen LogP contribution in [0, 0.1) is 12.7 Å². The highest BCUT2D eigenvalue weighted by molar-refractivity contribution is 7.89. The molecular formula is C21H19F4N5O3S. The molecule has 1 fully saturated rings. The van der Waals surface area contributed by atoms with Crippen LogP contribution < -0.4 is 0 Å². The van der Waals surface area contributed by atoms with Gasteiger partial charge >= 0.3 is 6.18 Å². The second-order valence-electron chi connectivity index (χ2n) is 7.68. The van der Waals surface area contributed by atoms with E-state index < -0.39 is 39.3 Å². The summed E-state index contributed by atoms with van der Waals surface area (Å²) in [5.41, 5.74) is -1.52. The van der Waals surface area contributed by atoms with Crippen molar-refractivity contribution in [3.05, 3.63) is 71.3 Å². The second kappa shape index (κ2) is 8.80. The van der Waals surface area contributed by atoms with Crippen LogP contribution in [0.3, 0.4) is 0 Å². The number of aryl methyl sites for hydroxylation is 1. The SMILES string of the molecule is Cc1ccc(S(=O)(=O)N2CCN(C(=O)c3nnn(-c4ccc(F)cc4)c3C(F)(F)F)CC2)cc1. The molecule has 1 amide bonds. The van der Waals surface area contributed by atoms with Gasteiger partial charge in [0, 0.05) is 26.2 Å². The predicted octanol–water partition coefficient (Wildman–Crippen LogP) is 2.88. The smallest absolute Gasteiger partial charge is 0.335 e. The fourth-order valence-corrected chi connectivity index (χ4v) is 5.01. The fraction of sp³-hybridized carbons (Fsp3) is 0.286. The van der Waals surface area contributed by atoms with Crippen molar-refractivity contribution in [1.82, 2.24) is 24.2 Å². The number of amides is 1. The largest absolute Gasteiger partial charge is 0.435 e. The van der Waals surface area contributed by atoms with E-state index in [2.05, 4.69) is 10.3 Å². The van der Waals surface area contributed by atoms with Crippen LogP contribution in [-0.4, -0.2) is 64.7 Å². The number of carbonyl (C=O) groups excluding carboxylic acids is 1. The minimum Gasteiger partial charge on any atom is -0.335 e. The van der Waals surface area contributed by atoms with Gasteiger partial charge in [-0.3, -0.25) is 4.79 Å². The lowest BCUT2D eigenvalue weighted by Gasteiger charge is -2.33. The van der Waals surface area contributed by atoms with Gasteiger partial charge in [0.15, 0.2) is 11.4 Å². The Hall–Kier alpha value is -3.32. The van der Waals surface area contributed by atoms with Gasteiger partial charge in [0.25, 0.3) is 5.91 Å². The molecule has 1 saturated heterocycles. The van der Waals surface area contributed by atoms with Gasteiger partial charge in [0.05, 0.1) is 10.6 Å². The first kappa shape index (κ1) is 23.8. The third-order valence-corrected chi connectivity index (χ3v) is 7.31. The van der Waals surface area contributed by atoms with E-state index in [4.69, 9.17) is 0 Å². The van der Waals surface area contributed by atoms with Crippen LogP contribution in [0.4, 0.5) is 17.6 Å². The first-order chi connectivity index (χ1) is 16.0. The molecule has 1 aliphatic heterocycles. The summed E-state index contributed by atoms with van der Waals surface area (Å²) < 4.78 is 82.0. The predicted molar refractivity (Wildman–Crippen MR) is 112 cm³/mol. The Balaban J connectivity index is 1.55. The third kappa shape index (κ3) is 4.53. The van der Waals surface area contributed by atoms with Crippen LogP contribution >= 0.6 is 0 Å². The summed E-state index contributed by atoms with van der Waals surface area (Å²) >= 11 is 0. The molecule has 2 heterocycles. The zero-order valence-corrected chi connectivity index (χ0v) is 18.6. The number of rotatable bonds is 4. The molecule has 34 heavy (non-hydrogen) atoms. The van der Waals surface area contributed by atoms with Gasteiger partial charge in [-0.25, -0.2) is 17.5 Å². The van der Waals surface area contributed by atoms with Crippen LogP contribution in [0.2, 0.25) is 0 Å². The van der Waals surface area contributed by atoms with Crippen LogP contribution in [0.25, 0.3) is 5.69 Å². The molecule has 0 N–H and O–H groups in total. The Morgan fingerprint density at radius 1 is 0.941 bits per heavy atom. The Morgan fingerprint density at radius 3 is 2.09 bits per heavy atom. The Kier molecular flexibility index (Phi) is 6.16. The molecule has 4 rings (SSSR count). The van der Waals surface area contributed by atoms with Crippen LogP contribution in [0.5, 0.6) is 0 Å². The molecule has 0 saturated carbocycles. The standard InChI is InChI=1S/C21H19F4N5O3S/c1-14-2-8-17(9-3-14)34(32,33)29-12-10-28(11-13-29)20(31)18-19(21(23,24)25)30(27-26-18)16-6-4-15(22)5-7-16/h2-9H,10-13H2,1H3. The number of carbonyl (C=O) groups is 1. The average Bonchev–Trinajstić information content (AvgIpc) is 3.25. The molecule has 180 valence electrons. The monoisotopic (exact) mass is 497 g/mol. The van der Waals surface area contributed by atoms with Gasteiger partial charge in [0.1, 0.15) is 5.82 Å². The maximum atomic E-state index is 13.8. The van der Waals surface area contributed by atoms with Crippen molar-refractivity contribution in [1.29, 1.82) is 0 Å². The molecule has 0 bridgehead atoms. The molecule has 8 nitrogen and oxygen atoms in total. The maximum absolute atomic E-state index is 13.8. The average molecular weight is 497 g/mol. The van der Waals surface area contributed by atoms with Gasteiger partial charge in [-0.15, -0.1) is 5.10 Å². The van der Waals surface area contributed by atoms with E-state index in [1.807, 2.05) is 6.92 Å². The molecule has 2 aromatic carbocycles. The summed E-state index contributed by atoms with van der Waals surface area (Å²) in [6.07, 6.45) is -4.97. The number of hydrogen-bond donors (Lipinski definition) is 0. The minimum atomic E-state index is -4.97. The lowest BCUT2D eigenvalue weighted by molar-refractivity contribution is -0.143. The second-order valence-corrected chi connectivity index (χ2v) is 9.62. The zero-order valence-electron chi connectivity index (χ0n) is 17.8. The van der Waals surface area contributed by atoms with E-state index in [0.29, 0.717) is 4.68 Å². The van der Waals surface area contributed by atoms with E-state index in [-0.39, 0.29) is 36.8 Å². The van der Waals surface area contributed by atoms with Crippen LogP contribution in [0.15, 0.2) is 53.4 Å². The summed E-state index contributed by atoms with van der Waals surface area (Å²) in [4.78, 5) is 14.1. The minimum absolute atomic E-state index is 0.0879. The van der Waals surface area contributed by atoms with Gasteiger partial charge < -0.3 is 4.90 Å². The van der Waals surface area contributed by atoms with Crippen molar-refractivity contribution >= 4 is 15.9 Å². The number of piperazine rings is 1. The molecule has 0 aliphatic carbocycles. The maximum Gasteiger partial charge on any atom is 0.435 e. The van der Waals surface area contributed by atoms with E-state index in [1.165, 1.54) is 16.4 Å². The Bertz CT molecular complexity index is 1300. The molecule has 0 radical (unpaired) electrons. The lowest BCUT2D eigenvalue weighted by Crippen LogP contribution is -2.50. The van der Waals surface area contributed by atoms with E-state index in [9.17, 15) is 30.8 Å². The highest BCUT2D eigenvalue weighted by atomic mass is 32.2. The summed E-state index contributed by atoms with van der Waals surface area (Å²) in [6.45, 7) is 1.41. The highest BCUT2D eigenvalue weighted by Crippen LogP contribution is 2.33. The molecule has 0 spiro atoms. The number of nitrogens with zero attached hydrogens (tertiary/aromatic N) is 5. The summed E-state index contributed by atoms with van der Waals surface area (Å²) in [5.74, 6) is -1.67. The number of sulfonamides is 1. The van der Waals surface area contributed by atoms with Gasteiger partial charge in [-0.1, -0.05) is 22.9 Å². The fourth-order valence-electron chi connectivity index (χ4n) is 3.58. The van der Waals surface area contributed by atoms with Gasteiger partial charge in [0.2, 0.25) is 10.0 Å². The Morgan fingerprint density at radius 2 is 1.53 bits per heavy atom. The molecule has 1 aromatic heterocycles. The highest BCUT2D eigenvalue weighted by Gasteiger charge is 2.43. The summed E-state index contributed by atoms with van der Waals surface area (Å²) in [7, 11) is -3.81. The van der Waals surface area contributed by atoms with E-state index in [1.54, 1.807) is 12.1 Å². The number of aromatic nitrogens is 3. The first-order valence-electron chi connectivity index (χ1n) is 10.1. The number of hydrogen-bond acceptors (Lipinski definition) is 5. The molecule has 1 aliphatic rings. The molecular weight excluding hydrogens is 478 g/mol. The first-order valence-corrected chi connectivity index (χ1v) is 11.6. The van der Waals surface area contributed by atoms with E-state index in [0.717, 1.165) is 34.7 Å². The molecule has 3 aromatic rings. The Labute approximate surface area is 192 Å². The van der Waals surface area contributed by atoms with E-state index >= 15 is 0 Å².